The van der Waals surface area contributed by atoms with Crippen molar-refractivity contribution < 1.29 is 14.3 Å². The number of piperidine rings is 1. The van der Waals surface area contributed by atoms with Crippen molar-refractivity contribution in [3.8, 4) is 0 Å². The Hall–Kier alpha value is -2.08. The van der Waals surface area contributed by atoms with Gasteiger partial charge in [-0.3, -0.25) is 9.79 Å². The first kappa shape index (κ1) is 22.6. The van der Waals surface area contributed by atoms with Gasteiger partial charge in [0.15, 0.2) is 5.96 Å². The molecule has 3 rings (SSSR count). The third-order valence-corrected chi connectivity index (χ3v) is 5.95. The van der Waals surface area contributed by atoms with Gasteiger partial charge in [0, 0.05) is 32.8 Å². The second-order valence-electron chi connectivity index (χ2n) is 8.05. The van der Waals surface area contributed by atoms with Gasteiger partial charge in [0.1, 0.15) is 0 Å². The van der Waals surface area contributed by atoms with Crippen LogP contribution in [-0.4, -0.2) is 56.2 Å². The van der Waals surface area contributed by atoms with Gasteiger partial charge in [-0.05, 0) is 63.5 Å². The average Bonchev–Trinajstić information content (AvgIpc) is 2.78. The molecule has 1 unspecified atom stereocenters. The number of nitrogens with one attached hydrogen (secondary N) is 1. The molecule has 1 aliphatic carbocycles. The van der Waals surface area contributed by atoms with E-state index in [1.807, 2.05) is 6.92 Å². The van der Waals surface area contributed by atoms with Crippen LogP contribution in [0.2, 0.25) is 0 Å². The zero-order valence-electron chi connectivity index (χ0n) is 18.6. The van der Waals surface area contributed by atoms with Crippen LogP contribution in [0.3, 0.4) is 0 Å². The minimum atomic E-state index is -0.0551. The lowest BCUT2D eigenvalue weighted by Crippen LogP contribution is -2.46. The SMILES string of the molecule is CCNC(=NCCCOC1CCCc2ccccc21)N1CCC(C(=O)OCC)CC1. The number of hydrogen-bond acceptors (Lipinski definition) is 4. The lowest BCUT2D eigenvalue weighted by Gasteiger charge is -2.33. The number of ether oxygens (including phenoxy) is 2. The minimum absolute atomic E-state index is 0.0239. The van der Waals surface area contributed by atoms with E-state index >= 15 is 0 Å². The highest BCUT2D eigenvalue weighted by Crippen LogP contribution is 2.32. The fraction of sp³-hybridized carbons (Fsp3) is 0.667. The van der Waals surface area contributed by atoms with E-state index < -0.39 is 0 Å². The van der Waals surface area contributed by atoms with Crippen LogP contribution in [0.25, 0.3) is 0 Å². The van der Waals surface area contributed by atoms with Gasteiger partial charge in [0.25, 0.3) is 0 Å². The first-order valence-electron chi connectivity index (χ1n) is 11.6. The van der Waals surface area contributed by atoms with Crippen molar-refractivity contribution in [1.82, 2.24) is 10.2 Å². The van der Waals surface area contributed by atoms with Crippen molar-refractivity contribution in [2.24, 2.45) is 10.9 Å². The number of fused-ring (bicyclic) bond motifs is 1. The van der Waals surface area contributed by atoms with Gasteiger partial charge in [-0.2, -0.15) is 0 Å². The number of nitrogens with zero attached hydrogens (tertiary/aromatic N) is 2. The molecule has 0 amide bonds. The van der Waals surface area contributed by atoms with Crippen LogP contribution in [0, 0.1) is 5.92 Å². The normalized spacial score (nSPS) is 20.0. The number of carbonyl (C=O) groups is 1. The molecule has 0 aromatic heterocycles. The van der Waals surface area contributed by atoms with Crippen LogP contribution in [-0.2, 0) is 20.7 Å². The topological polar surface area (TPSA) is 63.2 Å². The van der Waals surface area contributed by atoms with E-state index in [0.717, 1.165) is 64.4 Å². The van der Waals surface area contributed by atoms with Gasteiger partial charge < -0.3 is 19.7 Å². The number of aryl methyl sites for hydroxylation is 1. The highest BCUT2D eigenvalue weighted by atomic mass is 16.5. The Kier molecular flexibility index (Phi) is 9.00. The van der Waals surface area contributed by atoms with E-state index in [1.165, 1.54) is 24.0 Å². The van der Waals surface area contributed by atoms with Crippen molar-refractivity contribution in [2.45, 2.75) is 58.5 Å². The molecule has 0 bridgehead atoms. The molecule has 1 saturated heterocycles. The van der Waals surface area contributed by atoms with Crippen LogP contribution in [0.15, 0.2) is 29.3 Å². The van der Waals surface area contributed by atoms with Gasteiger partial charge >= 0.3 is 5.97 Å². The number of esters is 1. The molecule has 1 aromatic carbocycles. The Morgan fingerprint density at radius 3 is 2.77 bits per heavy atom. The lowest BCUT2D eigenvalue weighted by molar-refractivity contribution is -0.149. The molecule has 0 saturated carbocycles. The molecule has 0 radical (unpaired) electrons. The fourth-order valence-electron chi connectivity index (χ4n) is 4.37. The standard InChI is InChI=1S/C24H37N3O3/c1-3-25-24(27-16-13-20(14-17-27)23(28)29-4-2)26-15-8-18-30-22-12-7-10-19-9-5-6-11-21(19)22/h5-6,9,11,20,22H,3-4,7-8,10,12-18H2,1-2H3,(H,25,26). The van der Waals surface area contributed by atoms with Crippen molar-refractivity contribution >= 4 is 11.9 Å². The number of aliphatic imine (C=N–C) groups is 1. The number of benzene rings is 1. The Bertz CT molecular complexity index is 699. The number of hydrogen-bond donors (Lipinski definition) is 1. The largest absolute Gasteiger partial charge is 0.466 e. The maximum atomic E-state index is 12.0. The van der Waals surface area contributed by atoms with Crippen LogP contribution in [0.4, 0.5) is 0 Å². The Morgan fingerprint density at radius 2 is 2.00 bits per heavy atom. The summed E-state index contributed by atoms with van der Waals surface area (Å²) in [4.78, 5) is 19.0. The van der Waals surface area contributed by atoms with E-state index in [-0.39, 0.29) is 18.0 Å². The summed E-state index contributed by atoms with van der Waals surface area (Å²) in [6.45, 7) is 8.39. The van der Waals surface area contributed by atoms with Crippen molar-refractivity contribution in [3.63, 3.8) is 0 Å². The van der Waals surface area contributed by atoms with Gasteiger partial charge in [-0.1, -0.05) is 24.3 Å². The molecule has 1 heterocycles. The molecule has 1 fully saturated rings. The molecule has 1 atom stereocenters. The number of guanidine groups is 1. The summed E-state index contributed by atoms with van der Waals surface area (Å²) in [6.07, 6.45) is 6.27. The Balaban J connectivity index is 1.43. The summed E-state index contributed by atoms with van der Waals surface area (Å²) in [5.74, 6) is 0.916. The average molecular weight is 416 g/mol. The second kappa shape index (κ2) is 11.9. The van der Waals surface area contributed by atoms with Crippen molar-refractivity contribution in [2.75, 3.05) is 39.4 Å². The van der Waals surface area contributed by atoms with E-state index in [9.17, 15) is 4.79 Å². The summed E-state index contributed by atoms with van der Waals surface area (Å²) < 4.78 is 11.4. The quantitative estimate of drug-likeness (QED) is 0.303. The smallest absolute Gasteiger partial charge is 0.309 e. The van der Waals surface area contributed by atoms with E-state index in [0.29, 0.717) is 6.61 Å². The molecule has 1 aromatic rings. The third kappa shape index (κ3) is 6.21. The highest BCUT2D eigenvalue weighted by molar-refractivity contribution is 5.80. The molecule has 6 nitrogen and oxygen atoms in total. The fourth-order valence-corrected chi connectivity index (χ4v) is 4.37. The van der Waals surface area contributed by atoms with Gasteiger partial charge in [0.2, 0.25) is 0 Å². The first-order valence-corrected chi connectivity index (χ1v) is 11.6. The van der Waals surface area contributed by atoms with Crippen LogP contribution >= 0.6 is 0 Å². The molecule has 1 N–H and O–H groups in total. The molecule has 30 heavy (non-hydrogen) atoms. The predicted octanol–water partition coefficient (Wildman–Crippen LogP) is 3.71. The molecular weight excluding hydrogens is 378 g/mol. The van der Waals surface area contributed by atoms with Gasteiger partial charge in [-0.15, -0.1) is 0 Å². The number of rotatable bonds is 8. The third-order valence-electron chi connectivity index (χ3n) is 5.95. The summed E-state index contributed by atoms with van der Waals surface area (Å²) >= 11 is 0. The summed E-state index contributed by atoms with van der Waals surface area (Å²) in [6, 6.07) is 8.66. The van der Waals surface area contributed by atoms with E-state index in [2.05, 4.69) is 41.4 Å². The summed E-state index contributed by atoms with van der Waals surface area (Å²) in [5, 5.41) is 3.39. The van der Waals surface area contributed by atoms with E-state index in [1.54, 1.807) is 0 Å². The number of carbonyl (C=O) groups excluding carboxylic acids is 1. The zero-order chi connectivity index (χ0) is 21.2. The minimum Gasteiger partial charge on any atom is -0.466 e. The van der Waals surface area contributed by atoms with Gasteiger partial charge in [-0.25, -0.2) is 0 Å². The Labute approximate surface area is 181 Å². The molecule has 1 aliphatic heterocycles. The van der Waals surface area contributed by atoms with Gasteiger partial charge in [0.05, 0.1) is 18.6 Å². The first-order chi connectivity index (χ1) is 14.7. The Morgan fingerprint density at radius 1 is 1.20 bits per heavy atom. The lowest BCUT2D eigenvalue weighted by atomic mass is 9.89. The second-order valence-corrected chi connectivity index (χ2v) is 8.05. The molecule has 0 spiro atoms. The maximum Gasteiger partial charge on any atom is 0.309 e. The summed E-state index contributed by atoms with van der Waals surface area (Å²) in [7, 11) is 0. The van der Waals surface area contributed by atoms with Crippen LogP contribution in [0.1, 0.15) is 63.2 Å². The monoisotopic (exact) mass is 415 g/mol. The molecular formula is C24H37N3O3. The summed E-state index contributed by atoms with van der Waals surface area (Å²) in [5.41, 5.74) is 2.80. The van der Waals surface area contributed by atoms with E-state index in [4.69, 9.17) is 14.5 Å². The van der Waals surface area contributed by atoms with Crippen LogP contribution in [0.5, 0.6) is 0 Å². The molecule has 2 aliphatic rings. The molecule has 6 heteroatoms. The number of likely N-dealkylation sites (tertiary alicyclic amines) is 1. The highest BCUT2D eigenvalue weighted by Gasteiger charge is 2.27. The van der Waals surface area contributed by atoms with Crippen molar-refractivity contribution in [3.05, 3.63) is 35.4 Å². The maximum absolute atomic E-state index is 12.0. The van der Waals surface area contributed by atoms with Crippen LogP contribution < -0.4 is 5.32 Å². The molecule has 166 valence electrons. The predicted molar refractivity (Wildman–Crippen MR) is 120 cm³/mol. The zero-order valence-corrected chi connectivity index (χ0v) is 18.6. The van der Waals surface area contributed by atoms with Crippen molar-refractivity contribution in [1.29, 1.82) is 0 Å².